The predicted octanol–water partition coefficient (Wildman–Crippen LogP) is 2.90. The van der Waals surface area contributed by atoms with Gasteiger partial charge in [-0.15, -0.1) is 0 Å². The van der Waals surface area contributed by atoms with E-state index < -0.39 is 0 Å². The zero-order valence-electron chi connectivity index (χ0n) is 11.7. The fourth-order valence-corrected chi connectivity index (χ4v) is 2.28. The molecule has 0 saturated heterocycles. The van der Waals surface area contributed by atoms with E-state index >= 15 is 0 Å². The van der Waals surface area contributed by atoms with Crippen molar-refractivity contribution < 1.29 is 9.15 Å². The Balaban J connectivity index is 2.08. The van der Waals surface area contributed by atoms with Crippen LogP contribution in [0.5, 0.6) is 0 Å². The third kappa shape index (κ3) is 2.32. The molecule has 3 aromatic heterocycles. The first-order valence-corrected chi connectivity index (χ1v) is 6.67. The Morgan fingerprint density at radius 2 is 2.20 bits per heavy atom. The molecule has 3 aromatic rings. The number of ether oxygens (including phenoxy) is 1. The first kappa shape index (κ1) is 12.9. The summed E-state index contributed by atoms with van der Waals surface area (Å²) in [4.78, 5) is 9.08. The maximum Gasteiger partial charge on any atom is 0.206 e. The standard InChI is InChI=1S/C15H17N3O2/c1-11-7-8-14(20-11)18-13(6-4-10-19-2)17-12-5-3-9-16-15(12)18/h3,5,7-9H,4,6,10H2,1-2H3. The molecule has 0 aliphatic rings. The van der Waals surface area contributed by atoms with Gasteiger partial charge in [-0.05, 0) is 31.5 Å². The zero-order valence-corrected chi connectivity index (χ0v) is 11.7. The molecule has 0 radical (unpaired) electrons. The third-order valence-electron chi connectivity index (χ3n) is 3.18. The van der Waals surface area contributed by atoms with Gasteiger partial charge >= 0.3 is 0 Å². The number of aromatic nitrogens is 3. The lowest BCUT2D eigenvalue weighted by Gasteiger charge is -2.05. The second-order valence-electron chi connectivity index (χ2n) is 4.69. The lowest BCUT2D eigenvalue weighted by atomic mass is 10.3. The van der Waals surface area contributed by atoms with Crippen molar-refractivity contribution in [3.63, 3.8) is 0 Å². The van der Waals surface area contributed by atoms with Gasteiger partial charge < -0.3 is 9.15 Å². The summed E-state index contributed by atoms with van der Waals surface area (Å²) in [6, 6.07) is 7.76. The van der Waals surface area contributed by atoms with Crippen molar-refractivity contribution in [2.45, 2.75) is 19.8 Å². The summed E-state index contributed by atoms with van der Waals surface area (Å²) in [6.07, 6.45) is 3.51. The van der Waals surface area contributed by atoms with Crippen LogP contribution in [-0.2, 0) is 11.2 Å². The molecule has 3 rings (SSSR count). The lowest BCUT2D eigenvalue weighted by Crippen LogP contribution is -2.03. The smallest absolute Gasteiger partial charge is 0.206 e. The van der Waals surface area contributed by atoms with E-state index in [1.54, 1.807) is 13.3 Å². The van der Waals surface area contributed by atoms with E-state index in [0.29, 0.717) is 6.61 Å². The first-order valence-electron chi connectivity index (χ1n) is 6.67. The molecule has 104 valence electrons. The highest BCUT2D eigenvalue weighted by molar-refractivity contribution is 5.73. The van der Waals surface area contributed by atoms with Crippen LogP contribution >= 0.6 is 0 Å². The fraction of sp³-hybridized carbons (Fsp3) is 0.333. The van der Waals surface area contributed by atoms with Crippen LogP contribution in [-0.4, -0.2) is 28.3 Å². The van der Waals surface area contributed by atoms with Gasteiger partial charge in [-0.1, -0.05) is 0 Å². The number of fused-ring (bicyclic) bond motifs is 1. The number of methoxy groups -OCH3 is 1. The molecule has 20 heavy (non-hydrogen) atoms. The van der Waals surface area contributed by atoms with Gasteiger partial charge in [0.25, 0.3) is 0 Å². The minimum absolute atomic E-state index is 0.716. The number of pyridine rings is 1. The Hall–Kier alpha value is -2.14. The van der Waals surface area contributed by atoms with E-state index in [2.05, 4.69) is 9.97 Å². The molecule has 5 heteroatoms. The van der Waals surface area contributed by atoms with Crippen LogP contribution in [0, 0.1) is 6.92 Å². The molecule has 0 fully saturated rings. The highest BCUT2D eigenvalue weighted by atomic mass is 16.5. The van der Waals surface area contributed by atoms with Gasteiger partial charge in [0.15, 0.2) is 5.65 Å². The summed E-state index contributed by atoms with van der Waals surface area (Å²) >= 11 is 0. The van der Waals surface area contributed by atoms with Crippen molar-refractivity contribution in [3.05, 3.63) is 42.0 Å². The molecule has 0 bridgehead atoms. The Morgan fingerprint density at radius 1 is 1.30 bits per heavy atom. The van der Waals surface area contributed by atoms with E-state index in [1.165, 1.54) is 0 Å². The molecule has 0 aromatic carbocycles. The molecule has 0 saturated carbocycles. The lowest BCUT2D eigenvalue weighted by molar-refractivity contribution is 0.194. The quantitative estimate of drug-likeness (QED) is 0.669. The number of hydrogen-bond donors (Lipinski definition) is 0. The first-order chi connectivity index (χ1) is 9.79. The molecule has 0 aliphatic heterocycles. The molecular weight excluding hydrogens is 254 g/mol. The SMILES string of the molecule is COCCCc1nc2cccnc2n1-c1ccc(C)o1. The monoisotopic (exact) mass is 271 g/mol. The van der Waals surface area contributed by atoms with Gasteiger partial charge in [0.1, 0.15) is 17.1 Å². The van der Waals surface area contributed by atoms with E-state index in [4.69, 9.17) is 9.15 Å². The van der Waals surface area contributed by atoms with Crippen LogP contribution < -0.4 is 0 Å². The maximum atomic E-state index is 5.73. The summed E-state index contributed by atoms with van der Waals surface area (Å²) in [5.41, 5.74) is 1.71. The number of imidazole rings is 1. The molecular formula is C15H17N3O2. The predicted molar refractivity (Wildman–Crippen MR) is 76.1 cm³/mol. The Bertz CT molecular complexity index is 715. The van der Waals surface area contributed by atoms with Crippen molar-refractivity contribution in [2.75, 3.05) is 13.7 Å². The largest absolute Gasteiger partial charge is 0.445 e. The second-order valence-corrected chi connectivity index (χ2v) is 4.69. The summed E-state index contributed by atoms with van der Waals surface area (Å²) in [5.74, 6) is 2.59. The molecule has 0 aliphatic carbocycles. The van der Waals surface area contributed by atoms with E-state index in [-0.39, 0.29) is 0 Å². The minimum Gasteiger partial charge on any atom is -0.445 e. The summed E-state index contributed by atoms with van der Waals surface area (Å²) < 4.78 is 12.8. The summed E-state index contributed by atoms with van der Waals surface area (Å²) in [6.45, 7) is 2.65. The van der Waals surface area contributed by atoms with Gasteiger partial charge in [-0.2, -0.15) is 0 Å². The maximum absolute atomic E-state index is 5.73. The Labute approximate surface area is 117 Å². The zero-order chi connectivity index (χ0) is 13.9. The van der Waals surface area contributed by atoms with Gasteiger partial charge in [-0.3, -0.25) is 0 Å². The highest BCUT2D eigenvalue weighted by Gasteiger charge is 2.15. The summed E-state index contributed by atoms with van der Waals surface area (Å²) in [5, 5.41) is 0. The highest BCUT2D eigenvalue weighted by Crippen LogP contribution is 2.22. The number of rotatable bonds is 5. The topological polar surface area (TPSA) is 53.1 Å². The number of aryl methyl sites for hydroxylation is 2. The van der Waals surface area contributed by atoms with Crippen molar-refractivity contribution in [3.8, 4) is 5.88 Å². The van der Waals surface area contributed by atoms with E-state index in [9.17, 15) is 0 Å². The fourth-order valence-electron chi connectivity index (χ4n) is 2.28. The second kappa shape index (κ2) is 5.46. The van der Waals surface area contributed by atoms with Crippen molar-refractivity contribution >= 4 is 11.2 Å². The summed E-state index contributed by atoms with van der Waals surface area (Å²) in [7, 11) is 1.71. The van der Waals surface area contributed by atoms with Crippen LogP contribution in [0.15, 0.2) is 34.9 Å². The van der Waals surface area contributed by atoms with Crippen molar-refractivity contribution in [1.82, 2.24) is 14.5 Å². The van der Waals surface area contributed by atoms with Crippen LogP contribution in [0.3, 0.4) is 0 Å². The number of nitrogens with zero attached hydrogens (tertiary/aromatic N) is 3. The van der Waals surface area contributed by atoms with Crippen molar-refractivity contribution in [2.24, 2.45) is 0 Å². The van der Waals surface area contributed by atoms with Gasteiger partial charge in [0.05, 0.1) is 0 Å². The van der Waals surface area contributed by atoms with Crippen LogP contribution in [0.2, 0.25) is 0 Å². The number of furan rings is 1. The van der Waals surface area contributed by atoms with Crippen LogP contribution in [0.25, 0.3) is 17.0 Å². The average Bonchev–Trinajstić information content (AvgIpc) is 3.02. The average molecular weight is 271 g/mol. The number of hydrogen-bond acceptors (Lipinski definition) is 4. The molecule has 0 unspecified atom stereocenters. The molecule has 0 N–H and O–H groups in total. The molecule has 0 amide bonds. The van der Waals surface area contributed by atoms with Crippen LogP contribution in [0.4, 0.5) is 0 Å². The molecule has 0 atom stereocenters. The minimum atomic E-state index is 0.716. The molecule has 5 nitrogen and oxygen atoms in total. The molecule has 3 heterocycles. The van der Waals surface area contributed by atoms with E-state index in [1.807, 2.05) is 35.8 Å². The van der Waals surface area contributed by atoms with Crippen LogP contribution in [0.1, 0.15) is 18.0 Å². The normalized spacial score (nSPS) is 11.3. The molecule has 0 spiro atoms. The van der Waals surface area contributed by atoms with Gasteiger partial charge in [0.2, 0.25) is 5.88 Å². The van der Waals surface area contributed by atoms with Gasteiger partial charge in [-0.25, -0.2) is 14.5 Å². The van der Waals surface area contributed by atoms with Crippen molar-refractivity contribution in [1.29, 1.82) is 0 Å². The third-order valence-corrected chi connectivity index (χ3v) is 3.18. The van der Waals surface area contributed by atoms with Gasteiger partial charge in [0, 0.05) is 32.4 Å². The Kier molecular flexibility index (Phi) is 3.52. The van der Waals surface area contributed by atoms with E-state index in [0.717, 1.165) is 41.5 Å². The Morgan fingerprint density at radius 3 is 2.95 bits per heavy atom.